The van der Waals surface area contributed by atoms with Crippen LogP contribution in [0.5, 0.6) is 5.75 Å². The van der Waals surface area contributed by atoms with Crippen LogP contribution in [0.15, 0.2) is 53.7 Å². The first-order chi connectivity index (χ1) is 16.6. The van der Waals surface area contributed by atoms with Crippen LogP contribution in [0.1, 0.15) is 31.7 Å². The predicted octanol–water partition coefficient (Wildman–Crippen LogP) is 4.55. The van der Waals surface area contributed by atoms with Gasteiger partial charge in [-0.15, -0.1) is 10.2 Å². The third-order valence-corrected chi connectivity index (χ3v) is 6.82. The minimum Gasteiger partial charge on any atom is -0.495 e. The second kappa shape index (κ2) is 11.4. The number of thioether (sulfide) groups is 1. The van der Waals surface area contributed by atoms with Crippen molar-refractivity contribution in [3.8, 4) is 11.4 Å². The molecule has 180 valence electrons. The highest BCUT2D eigenvalue weighted by Gasteiger charge is 2.24. The molecule has 0 saturated carbocycles. The zero-order valence-electron chi connectivity index (χ0n) is 19.6. The summed E-state index contributed by atoms with van der Waals surface area (Å²) in [5.74, 6) is 1.36. The van der Waals surface area contributed by atoms with Crippen LogP contribution in [0, 0.1) is 5.82 Å². The molecule has 0 radical (unpaired) electrons. The number of carbonyl (C=O) groups is 1. The fourth-order valence-corrected chi connectivity index (χ4v) is 4.97. The molecule has 7 nitrogen and oxygen atoms in total. The molecule has 1 aromatic heterocycles. The lowest BCUT2D eigenvalue weighted by Gasteiger charge is -2.28. The van der Waals surface area contributed by atoms with E-state index in [9.17, 15) is 9.18 Å². The summed E-state index contributed by atoms with van der Waals surface area (Å²) in [6.07, 6.45) is 3.45. The van der Waals surface area contributed by atoms with Gasteiger partial charge in [0.15, 0.2) is 5.16 Å². The lowest BCUT2D eigenvalue weighted by atomic mass is 10.1. The van der Waals surface area contributed by atoms with Crippen LogP contribution < -0.4 is 9.64 Å². The number of rotatable bonds is 9. The van der Waals surface area contributed by atoms with Crippen molar-refractivity contribution in [1.82, 2.24) is 19.7 Å². The second-order valence-corrected chi connectivity index (χ2v) is 9.11. The van der Waals surface area contributed by atoms with Gasteiger partial charge in [0.2, 0.25) is 11.9 Å². The Morgan fingerprint density at radius 1 is 1.12 bits per heavy atom. The Morgan fingerprint density at radius 2 is 1.91 bits per heavy atom. The molecule has 1 saturated heterocycles. The molecule has 0 atom stereocenters. The summed E-state index contributed by atoms with van der Waals surface area (Å²) in [4.78, 5) is 17.0. The van der Waals surface area contributed by atoms with E-state index < -0.39 is 0 Å². The third kappa shape index (κ3) is 5.52. The van der Waals surface area contributed by atoms with E-state index in [1.54, 1.807) is 18.1 Å². The summed E-state index contributed by atoms with van der Waals surface area (Å²) in [6, 6.07) is 14.1. The summed E-state index contributed by atoms with van der Waals surface area (Å²) in [7, 11) is 1.64. The maximum Gasteiger partial charge on any atom is 0.233 e. The molecular formula is C25H30FN5O2S. The summed E-state index contributed by atoms with van der Waals surface area (Å²) in [6.45, 7) is 4.68. The van der Waals surface area contributed by atoms with Crippen LogP contribution in [-0.4, -0.2) is 58.1 Å². The first-order valence-corrected chi connectivity index (χ1v) is 12.6. The maximum absolute atomic E-state index is 13.6. The molecule has 34 heavy (non-hydrogen) atoms. The number of amides is 1. The van der Waals surface area contributed by atoms with E-state index in [-0.39, 0.29) is 17.5 Å². The van der Waals surface area contributed by atoms with Gasteiger partial charge in [0.25, 0.3) is 0 Å². The van der Waals surface area contributed by atoms with Crippen LogP contribution in [-0.2, 0) is 11.3 Å². The standard InChI is InChI=1S/C25H30FN5O2S/c1-3-29(17-19-10-9-11-20(26)16-19)23(32)18-34-25-28-27-24(30-14-7-4-8-15-30)31(25)21-12-5-6-13-22(21)33-2/h5-6,9-13,16H,3-4,7-8,14-15,17-18H2,1-2H3. The van der Waals surface area contributed by atoms with E-state index in [2.05, 4.69) is 15.1 Å². The van der Waals surface area contributed by atoms with Gasteiger partial charge in [-0.05, 0) is 56.0 Å². The molecule has 1 fully saturated rings. The van der Waals surface area contributed by atoms with Gasteiger partial charge in [-0.25, -0.2) is 4.39 Å². The number of para-hydroxylation sites is 2. The summed E-state index contributed by atoms with van der Waals surface area (Å²) >= 11 is 1.35. The van der Waals surface area contributed by atoms with Crippen molar-refractivity contribution in [2.75, 3.05) is 37.4 Å². The van der Waals surface area contributed by atoms with Crippen molar-refractivity contribution in [2.24, 2.45) is 0 Å². The number of hydrogen-bond donors (Lipinski definition) is 0. The molecule has 9 heteroatoms. The van der Waals surface area contributed by atoms with E-state index in [4.69, 9.17) is 4.74 Å². The summed E-state index contributed by atoms with van der Waals surface area (Å²) < 4.78 is 21.2. The minimum absolute atomic E-state index is 0.0362. The first-order valence-electron chi connectivity index (χ1n) is 11.6. The first kappa shape index (κ1) is 24.1. The van der Waals surface area contributed by atoms with Crippen molar-refractivity contribution >= 4 is 23.6 Å². The number of hydrogen-bond acceptors (Lipinski definition) is 6. The van der Waals surface area contributed by atoms with Gasteiger partial charge in [0, 0.05) is 26.2 Å². The molecule has 0 spiro atoms. The number of anilines is 1. The number of carbonyl (C=O) groups excluding carboxylic acids is 1. The van der Waals surface area contributed by atoms with Gasteiger partial charge < -0.3 is 14.5 Å². The zero-order chi connectivity index (χ0) is 23.9. The van der Waals surface area contributed by atoms with Crippen LogP contribution >= 0.6 is 11.8 Å². The van der Waals surface area contributed by atoms with Crippen LogP contribution in [0.25, 0.3) is 5.69 Å². The Balaban J connectivity index is 1.56. The second-order valence-electron chi connectivity index (χ2n) is 8.16. The Hall–Kier alpha value is -3.07. The molecule has 2 heterocycles. The highest BCUT2D eigenvalue weighted by Crippen LogP contribution is 2.33. The molecule has 0 N–H and O–H groups in total. The minimum atomic E-state index is -0.300. The lowest BCUT2D eigenvalue weighted by molar-refractivity contribution is -0.128. The van der Waals surface area contributed by atoms with Crippen LogP contribution in [0.2, 0.25) is 0 Å². The number of nitrogens with zero attached hydrogens (tertiary/aromatic N) is 5. The number of piperidine rings is 1. The van der Waals surface area contributed by atoms with Gasteiger partial charge in [0.05, 0.1) is 18.6 Å². The number of benzene rings is 2. The molecule has 2 aromatic carbocycles. The Kier molecular flexibility index (Phi) is 8.05. The lowest BCUT2D eigenvalue weighted by Crippen LogP contribution is -2.32. The monoisotopic (exact) mass is 483 g/mol. The average Bonchev–Trinajstić information content (AvgIpc) is 3.30. The largest absolute Gasteiger partial charge is 0.495 e. The van der Waals surface area contributed by atoms with E-state index in [1.807, 2.05) is 41.8 Å². The smallest absolute Gasteiger partial charge is 0.233 e. The number of methoxy groups -OCH3 is 1. The zero-order valence-corrected chi connectivity index (χ0v) is 20.4. The normalized spacial score (nSPS) is 13.7. The third-order valence-electron chi connectivity index (χ3n) is 5.90. The predicted molar refractivity (Wildman–Crippen MR) is 132 cm³/mol. The van der Waals surface area contributed by atoms with E-state index >= 15 is 0 Å². The SMILES string of the molecule is CCN(Cc1cccc(F)c1)C(=O)CSc1nnc(N2CCCCC2)n1-c1ccccc1OC. The van der Waals surface area contributed by atoms with Gasteiger partial charge in [-0.1, -0.05) is 36.0 Å². The summed E-state index contributed by atoms with van der Waals surface area (Å²) in [5.41, 5.74) is 1.61. The van der Waals surface area contributed by atoms with Gasteiger partial charge in [0.1, 0.15) is 11.6 Å². The molecular weight excluding hydrogens is 453 g/mol. The number of halogens is 1. The molecule has 3 aromatic rings. The van der Waals surface area contributed by atoms with E-state index in [0.29, 0.717) is 18.2 Å². The number of aromatic nitrogens is 3. The van der Waals surface area contributed by atoms with E-state index in [0.717, 1.165) is 48.9 Å². The quantitative estimate of drug-likeness (QED) is 0.416. The van der Waals surface area contributed by atoms with Gasteiger partial charge >= 0.3 is 0 Å². The highest BCUT2D eigenvalue weighted by molar-refractivity contribution is 7.99. The highest BCUT2D eigenvalue weighted by atomic mass is 32.2. The molecule has 1 amide bonds. The van der Waals surface area contributed by atoms with Crippen molar-refractivity contribution in [1.29, 1.82) is 0 Å². The van der Waals surface area contributed by atoms with Crippen molar-refractivity contribution in [3.63, 3.8) is 0 Å². The number of ether oxygens (including phenoxy) is 1. The topological polar surface area (TPSA) is 63.5 Å². The molecule has 4 rings (SSSR count). The van der Waals surface area contributed by atoms with E-state index in [1.165, 1.54) is 30.3 Å². The van der Waals surface area contributed by atoms with Crippen molar-refractivity contribution < 1.29 is 13.9 Å². The van der Waals surface area contributed by atoms with Crippen molar-refractivity contribution in [3.05, 3.63) is 59.9 Å². The molecule has 1 aliphatic rings. The average molecular weight is 484 g/mol. The maximum atomic E-state index is 13.6. The fourth-order valence-electron chi connectivity index (χ4n) is 4.13. The molecule has 0 aliphatic carbocycles. The van der Waals surface area contributed by atoms with Crippen LogP contribution in [0.4, 0.5) is 10.3 Å². The Labute approximate surface area is 203 Å². The molecule has 0 unspecified atom stereocenters. The Morgan fingerprint density at radius 3 is 2.65 bits per heavy atom. The van der Waals surface area contributed by atoms with Gasteiger partial charge in [-0.3, -0.25) is 9.36 Å². The van der Waals surface area contributed by atoms with Crippen molar-refractivity contribution in [2.45, 2.75) is 37.9 Å². The fraction of sp³-hybridized carbons (Fsp3) is 0.400. The summed E-state index contributed by atoms with van der Waals surface area (Å²) in [5, 5.41) is 9.60. The molecule has 0 bridgehead atoms. The van der Waals surface area contributed by atoms with Crippen LogP contribution in [0.3, 0.4) is 0 Å². The van der Waals surface area contributed by atoms with Gasteiger partial charge in [-0.2, -0.15) is 0 Å². The molecule has 1 aliphatic heterocycles. The Bertz CT molecular complexity index is 1120.